The van der Waals surface area contributed by atoms with Crippen LogP contribution in [0.1, 0.15) is 56.3 Å². The highest BCUT2D eigenvalue weighted by Gasteiger charge is 2.62. The Hall–Kier alpha value is -1.11. The van der Waals surface area contributed by atoms with Crippen molar-refractivity contribution in [1.82, 2.24) is 10.0 Å². The van der Waals surface area contributed by atoms with Crippen molar-refractivity contribution < 1.29 is 9.59 Å². The van der Waals surface area contributed by atoms with Gasteiger partial charge in [-0.25, -0.2) is 10.0 Å². The van der Waals surface area contributed by atoms with Gasteiger partial charge in [0.2, 0.25) is 0 Å². The first-order valence-corrected chi connectivity index (χ1v) is 10.9. The minimum atomic E-state index is -0.745. The highest BCUT2D eigenvalue weighted by Crippen LogP contribution is 2.57. The van der Waals surface area contributed by atoms with Gasteiger partial charge in [0, 0.05) is 3.57 Å². The quantitative estimate of drug-likeness (QED) is 0.619. The maximum atomic E-state index is 13.4. The van der Waals surface area contributed by atoms with E-state index in [1.807, 2.05) is 43.1 Å². The van der Waals surface area contributed by atoms with Gasteiger partial charge in [-0.2, -0.15) is 0 Å². The summed E-state index contributed by atoms with van der Waals surface area (Å²) < 4.78 is 0.940. The van der Waals surface area contributed by atoms with Gasteiger partial charge in [0.05, 0.1) is 11.6 Å². The molecule has 5 heteroatoms. The van der Waals surface area contributed by atoms with Crippen LogP contribution in [-0.2, 0) is 4.79 Å². The lowest BCUT2D eigenvalue weighted by atomic mass is 9.53. The minimum Gasteiger partial charge on any atom is -0.270 e. The van der Waals surface area contributed by atoms with E-state index in [0.29, 0.717) is 17.4 Å². The van der Waals surface area contributed by atoms with E-state index >= 15 is 0 Å². The zero-order valence-corrected chi connectivity index (χ0v) is 17.5. The van der Waals surface area contributed by atoms with Gasteiger partial charge in [0.25, 0.3) is 11.8 Å². The van der Waals surface area contributed by atoms with E-state index in [1.54, 1.807) is 5.01 Å². The second-order valence-corrected chi connectivity index (χ2v) is 10.4. The van der Waals surface area contributed by atoms with Gasteiger partial charge in [0.1, 0.15) is 5.54 Å². The molecule has 5 fully saturated rings. The maximum absolute atomic E-state index is 13.4. The Labute approximate surface area is 168 Å². The van der Waals surface area contributed by atoms with Crippen LogP contribution in [0.25, 0.3) is 0 Å². The second kappa shape index (κ2) is 5.69. The molecule has 1 aliphatic heterocycles. The fourth-order valence-corrected chi connectivity index (χ4v) is 6.97. The maximum Gasteiger partial charge on any atom is 0.274 e. The fraction of sp³-hybridized carbons (Fsp3) is 0.619. The molecule has 0 radical (unpaired) electrons. The topological polar surface area (TPSA) is 40.6 Å². The van der Waals surface area contributed by atoms with Gasteiger partial charge < -0.3 is 0 Å². The summed E-state index contributed by atoms with van der Waals surface area (Å²) in [6, 6.07) is 7.90. The van der Waals surface area contributed by atoms with Crippen LogP contribution in [-0.4, -0.2) is 33.4 Å². The van der Waals surface area contributed by atoms with Crippen molar-refractivity contribution in [2.75, 3.05) is 0 Å². The van der Waals surface area contributed by atoms with Crippen molar-refractivity contribution in [3.63, 3.8) is 0 Å². The van der Waals surface area contributed by atoms with Crippen molar-refractivity contribution in [2.24, 2.45) is 23.7 Å². The summed E-state index contributed by atoms with van der Waals surface area (Å²) in [4.78, 5) is 26.4. The molecule has 0 spiro atoms. The smallest absolute Gasteiger partial charge is 0.270 e. The molecular weight excluding hydrogens is 439 g/mol. The Morgan fingerprint density at radius 3 is 2.19 bits per heavy atom. The molecule has 6 rings (SSSR count). The normalized spacial score (nSPS) is 37.0. The van der Waals surface area contributed by atoms with Crippen molar-refractivity contribution in [2.45, 2.75) is 57.5 Å². The van der Waals surface area contributed by atoms with Gasteiger partial charge in [-0.15, -0.1) is 0 Å². The summed E-state index contributed by atoms with van der Waals surface area (Å²) in [5.74, 6) is 2.96. The summed E-state index contributed by atoms with van der Waals surface area (Å²) in [5.41, 5.74) is -0.0486. The third kappa shape index (κ3) is 2.25. The molecule has 0 atom stereocenters. The number of hydrazine groups is 1. The Bertz CT molecular complexity index is 762. The van der Waals surface area contributed by atoms with Gasteiger partial charge in [-0.3, -0.25) is 9.59 Å². The molecular formula is C21H25IN2O2. The van der Waals surface area contributed by atoms with Crippen LogP contribution in [0.3, 0.4) is 0 Å². The molecule has 4 nitrogen and oxygen atoms in total. The average molecular weight is 464 g/mol. The summed E-state index contributed by atoms with van der Waals surface area (Å²) in [7, 11) is 0. The molecule has 0 N–H and O–H groups in total. The van der Waals surface area contributed by atoms with Gasteiger partial charge in [-0.05, 0) is 104 Å². The SMILES string of the molecule is CC1(C)C(=O)N(C2C3CC4CC(C3)CC2C4)N1C(=O)c1ccccc1I. The van der Waals surface area contributed by atoms with Crippen LogP contribution < -0.4 is 0 Å². The lowest BCUT2D eigenvalue weighted by molar-refractivity contribution is -0.230. The molecule has 4 bridgehead atoms. The highest BCUT2D eigenvalue weighted by atomic mass is 127. The number of rotatable bonds is 2. The Balaban J connectivity index is 1.49. The van der Waals surface area contributed by atoms with E-state index in [2.05, 4.69) is 22.6 Å². The van der Waals surface area contributed by atoms with E-state index in [1.165, 1.54) is 32.1 Å². The van der Waals surface area contributed by atoms with Crippen LogP contribution in [0, 0.1) is 27.2 Å². The van der Waals surface area contributed by atoms with Crippen molar-refractivity contribution in [3.8, 4) is 0 Å². The molecule has 1 heterocycles. The first-order chi connectivity index (χ1) is 12.4. The zero-order valence-electron chi connectivity index (χ0n) is 15.3. The van der Waals surface area contributed by atoms with E-state index in [-0.39, 0.29) is 17.9 Å². The third-order valence-corrected chi connectivity index (χ3v) is 8.17. The molecule has 5 aliphatic rings. The number of benzene rings is 1. The van der Waals surface area contributed by atoms with Crippen molar-refractivity contribution in [3.05, 3.63) is 33.4 Å². The molecule has 0 unspecified atom stereocenters. The largest absolute Gasteiger partial charge is 0.274 e. The monoisotopic (exact) mass is 464 g/mol. The predicted molar refractivity (Wildman–Crippen MR) is 107 cm³/mol. The lowest BCUT2D eigenvalue weighted by Crippen LogP contribution is -2.80. The summed E-state index contributed by atoms with van der Waals surface area (Å²) in [6.07, 6.45) is 6.36. The summed E-state index contributed by atoms with van der Waals surface area (Å²) in [6.45, 7) is 3.77. The van der Waals surface area contributed by atoms with Gasteiger partial charge in [0.15, 0.2) is 0 Å². The van der Waals surface area contributed by atoms with E-state index in [0.717, 1.165) is 15.4 Å². The lowest BCUT2D eigenvalue weighted by Gasteiger charge is -2.65. The van der Waals surface area contributed by atoms with Gasteiger partial charge in [-0.1, -0.05) is 12.1 Å². The first-order valence-electron chi connectivity index (χ1n) is 9.80. The Kier molecular flexibility index (Phi) is 3.73. The number of carbonyl (C=O) groups is 2. The Morgan fingerprint density at radius 1 is 1.04 bits per heavy atom. The minimum absolute atomic E-state index is 0.0339. The number of nitrogens with zero attached hydrogens (tertiary/aromatic N) is 2. The fourth-order valence-electron chi connectivity index (χ4n) is 6.35. The van der Waals surface area contributed by atoms with E-state index in [4.69, 9.17) is 0 Å². The highest BCUT2D eigenvalue weighted by molar-refractivity contribution is 14.1. The molecule has 26 heavy (non-hydrogen) atoms. The van der Waals surface area contributed by atoms with Crippen LogP contribution in [0.15, 0.2) is 24.3 Å². The molecule has 138 valence electrons. The number of amides is 2. The van der Waals surface area contributed by atoms with Crippen molar-refractivity contribution in [1.29, 1.82) is 0 Å². The molecule has 1 aromatic carbocycles. The standard InChI is InChI=1S/C21H25IN2O2/c1-21(2)20(26)23(24(21)19(25)16-5-3-4-6-17(16)22)18-14-8-12-7-13(10-14)11-15(18)9-12/h3-6,12-15,18H,7-11H2,1-2H3. The molecule has 0 aromatic heterocycles. The third-order valence-electron chi connectivity index (χ3n) is 7.23. The Morgan fingerprint density at radius 2 is 1.62 bits per heavy atom. The molecule has 4 aliphatic carbocycles. The summed E-state index contributed by atoms with van der Waals surface area (Å²) >= 11 is 2.21. The van der Waals surface area contributed by atoms with Crippen molar-refractivity contribution >= 4 is 34.4 Å². The number of halogens is 1. The zero-order chi connectivity index (χ0) is 18.2. The van der Waals surface area contributed by atoms with Gasteiger partial charge >= 0.3 is 0 Å². The molecule has 1 saturated heterocycles. The van der Waals surface area contributed by atoms with E-state index < -0.39 is 5.54 Å². The average Bonchev–Trinajstić information content (AvgIpc) is 2.59. The van der Waals surface area contributed by atoms with E-state index in [9.17, 15) is 9.59 Å². The van der Waals surface area contributed by atoms with Crippen LogP contribution in [0.2, 0.25) is 0 Å². The number of hydrogen-bond acceptors (Lipinski definition) is 2. The number of carbonyl (C=O) groups excluding carboxylic acids is 2. The first kappa shape index (κ1) is 17.0. The predicted octanol–water partition coefficient (Wildman–Crippen LogP) is 4.09. The summed E-state index contributed by atoms with van der Waals surface area (Å²) in [5, 5.41) is 3.65. The second-order valence-electron chi connectivity index (χ2n) is 9.23. The van der Waals surface area contributed by atoms with Crippen LogP contribution in [0.4, 0.5) is 0 Å². The number of hydrogen-bond donors (Lipinski definition) is 0. The molecule has 4 saturated carbocycles. The molecule has 1 aromatic rings. The van der Waals surface area contributed by atoms with Crippen LogP contribution >= 0.6 is 22.6 Å². The van der Waals surface area contributed by atoms with Crippen LogP contribution in [0.5, 0.6) is 0 Å². The molecule has 2 amide bonds.